The second kappa shape index (κ2) is 8.80. The molecule has 1 fully saturated rings. The summed E-state index contributed by atoms with van der Waals surface area (Å²) in [5, 5.41) is 11.7. The number of rotatable bonds is 7. The summed E-state index contributed by atoms with van der Waals surface area (Å²) in [6, 6.07) is 14.3. The molecule has 0 aliphatic heterocycles. The van der Waals surface area contributed by atoms with Crippen molar-refractivity contribution in [1.29, 1.82) is 0 Å². The zero-order chi connectivity index (χ0) is 19.3. The molecule has 3 rings (SSSR count). The van der Waals surface area contributed by atoms with Crippen LogP contribution in [0.2, 0.25) is 0 Å². The van der Waals surface area contributed by atoms with E-state index in [0.717, 1.165) is 42.8 Å². The molecule has 0 amide bonds. The molecule has 7 heteroatoms. The second-order valence-electron chi connectivity index (χ2n) is 7.47. The van der Waals surface area contributed by atoms with Gasteiger partial charge >= 0.3 is 0 Å². The third-order valence-corrected chi connectivity index (χ3v) is 6.94. The van der Waals surface area contributed by atoms with Gasteiger partial charge in [0.05, 0.1) is 10.9 Å². The van der Waals surface area contributed by atoms with Gasteiger partial charge in [0.1, 0.15) is 5.82 Å². The van der Waals surface area contributed by atoms with Crippen LogP contribution in [0.15, 0.2) is 42.5 Å². The first-order chi connectivity index (χ1) is 12.9. The van der Waals surface area contributed by atoms with Crippen molar-refractivity contribution in [2.24, 2.45) is 5.92 Å². The molecule has 0 spiro atoms. The number of sulfonamides is 1. The predicted octanol–water partition coefficient (Wildman–Crippen LogP) is 3.44. The number of aromatic nitrogens is 2. The lowest BCUT2D eigenvalue weighted by atomic mass is 9.86. The molecular weight excluding hydrogens is 360 g/mol. The fraction of sp³-hybridized carbons (Fsp3) is 0.500. The summed E-state index contributed by atoms with van der Waals surface area (Å²) >= 11 is 0. The van der Waals surface area contributed by atoms with E-state index < -0.39 is 10.0 Å². The number of anilines is 1. The summed E-state index contributed by atoms with van der Waals surface area (Å²) in [6.45, 7) is 3.94. The first-order valence-electron chi connectivity index (χ1n) is 9.58. The molecular formula is C20H28N4O2S. The molecule has 1 aliphatic rings. The number of benzene rings is 1. The molecule has 1 aromatic carbocycles. The summed E-state index contributed by atoms with van der Waals surface area (Å²) in [6.07, 6.45) is 4.04. The lowest BCUT2D eigenvalue weighted by molar-refractivity contribution is 0.336. The Bertz CT molecular complexity index is 815. The van der Waals surface area contributed by atoms with Gasteiger partial charge in [-0.15, -0.1) is 10.2 Å². The quantitative estimate of drug-likeness (QED) is 0.759. The van der Waals surface area contributed by atoms with E-state index in [1.54, 1.807) is 13.8 Å². The van der Waals surface area contributed by atoms with Crippen molar-refractivity contribution in [2.75, 3.05) is 11.9 Å². The van der Waals surface area contributed by atoms with Crippen LogP contribution >= 0.6 is 0 Å². The highest BCUT2D eigenvalue weighted by Gasteiger charge is 2.24. The zero-order valence-electron chi connectivity index (χ0n) is 15.9. The third kappa shape index (κ3) is 5.49. The standard InChI is InChI=1S/C20H28N4O2S/c1-15(2)27(25,26)21-14-16-8-10-18(11-9-16)22-20-13-12-19(23-24-20)17-6-4-3-5-7-17/h3-7,12-13,15-16,18,21H,8-11,14H2,1-2H3,(H,22,24). The van der Waals surface area contributed by atoms with Crippen molar-refractivity contribution in [1.82, 2.24) is 14.9 Å². The SMILES string of the molecule is CC(C)S(=O)(=O)NCC1CCC(Nc2ccc(-c3ccccc3)nn2)CC1. The van der Waals surface area contributed by atoms with Gasteiger partial charge in [0, 0.05) is 18.2 Å². The first-order valence-corrected chi connectivity index (χ1v) is 11.1. The first kappa shape index (κ1) is 19.8. The van der Waals surface area contributed by atoms with E-state index in [-0.39, 0.29) is 5.25 Å². The Labute approximate surface area is 161 Å². The Balaban J connectivity index is 1.47. The average molecular weight is 389 g/mol. The summed E-state index contributed by atoms with van der Waals surface area (Å²) in [4.78, 5) is 0. The summed E-state index contributed by atoms with van der Waals surface area (Å²) in [5.74, 6) is 1.20. The maximum Gasteiger partial charge on any atom is 0.213 e. The molecule has 1 aromatic heterocycles. The molecule has 0 radical (unpaired) electrons. The average Bonchev–Trinajstić information content (AvgIpc) is 2.69. The summed E-state index contributed by atoms with van der Waals surface area (Å²) in [5.41, 5.74) is 1.92. The van der Waals surface area contributed by atoms with Crippen molar-refractivity contribution >= 4 is 15.8 Å². The Morgan fingerprint density at radius 2 is 1.70 bits per heavy atom. The number of hydrogen-bond donors (Lipinski definition) is 2. The van der Waals surface area contributed by atoms with E-state index in [1.165, 1.54) is 0 Å². The van der Waals surface area contributed by atoms with Crippen molar-refractivity contribution in [3.63, 3.8) is 0 Å². The molecule has 1 aliphatic carbocycles. The molecule has 6 nitrogen and oxygen atoms in total. The van der Waals surface area contributed by atoms with Crippen LogP contribution in [0.5, 0.6) is 0 Å². The van der Waals surface area contributed by atoms with Crippen LogP contribution in [0.4, 0.5) is 5.82 Å². The maximum absolute atomic E-state index is 11.9. The fourth-order valence-corrected chi connectivity index (χ4v) is 4.09. The van der Waals surface area contributed by atoms with E-state index in [1.807, 2.05) is 42.5 Å². The minimum absolute atomic E-state index is 0.361. The van der Waals surface area contributed by atoms with Crippen LogP contribution in [0.3, 0.4) is 0 Å². The highest BCUT2D eigenvalue weighted by Crippen LogP contribution is 2.26. The molecule has 0 saturated heterocycles. The molecule has 0 bridgehead atoms. The minimum atomic E-state index is -3.17. The van der Waals surface area contributed by atoms with E-state index >= 15 is 0 Å². The van der Waals surface area contributed by atoms with Crippen molar-refractivity contribution in [3.8, 4) is 11.3 Å². The highest BCUT2D eigenvalue weighted by molar-refractivity contribution is 7.90. The van der Waals surface area contributed by atoms with Gasteiger partial charge < -0.3 is 5.32 Å². The third-order valence-electron chi connectivity index (χ3n) is 5.13. The highest BCUT2D eigenvalue weighted by atomic mass is 32.2. The fourth-order valence-electron chi connectivity index (χ4n) is 3.29. The van der Waals surface area contributed by atoms with Gasteiger partial charge in [-0.2, -0.15) is 0 Å². The van der Waals surface area contributed by atoms with Gasteiger partial charge in [0.2, 0.25) is 10.0 Å². The smallest absolute Gasteiger partial charge is 0.213 e. The van der Waals surface area contributed by atoms with E-state index in [4.69, 9.17) is 0 Å². The van der Waals surface area contributed by atoms with Crippen LogP contribution in [0, 0.1) is 5.92 Å². The summed E-state index contributed by atoms with van der Waals surface area (Å²) in [7, 11) is -3.17. The Morgan fingerprint density at radius 3 is 2.30 bits per heavy atom. The van der Waals surface area contributed by atoms with Crippen LogP contribution < -0.4 is 10.0 Å². The van der Waals surface area contributed by atoms with Crippen LogP contribution in [-0.2, 0) is 10.0 Å². The molecule has 0 atom stereocenters. The topological polar surface area (TPSA) is 84.0 Å². The molecule has 1 heterocycles. The van der Waals surface area contributed by atoms with Crippen LogP contribution in [0.25, 0.3) is 11.3 Å². The van der Waals surface area contributed by atoms with Gasteiger partial charge in [-0.25, -0.2) is 13.1 Å². The molecule has 0 unspecified atom stereocenters. The molecule has 2 aromatic rings. The number of nitrogens with one attached hydrogen (secondary N) is 2. The normalized spacial score (nSPS) is 20.6. The minimum Gasteiger partial charge on any atom is -0.366 e. The lowest BCUT2D eigenvalue weighted by Crippen LogP contribution is -2.37. The number of nitrogens with zero attached hydrogens (tertiary/aromatic N) is 2. The molecule has 27 heavy (non-hydrogen) atoms. The van der Waals surface area contributed by atoms with Gasteiger partial charge in [-0.3, -0.25) is 0 Å². The van der Waals surface area contributed by atoms with Gasteiger partial charge in [-0.1, -0.05) is 30.3 Å². The Kier molecular flexibility index (Phi) is 6.44. The number of hydrogen-bond acceptors (Lipinski definition) is 5. The monoisotopic (exact) mass is 388 g/mol. The molecule has 1 saturated carbocycles. The zero-order valence-corrected chi connectivity index (χ0v) is 16.7. The van der Waals surface area contributed by atoms with E-state index in [9.17, 15) is 8.42 Å². The van der Waals surface area contributed by atoms with Crippen molar-refractivity contribution in [3.05, 3.63) is 42.5 Å². The van der Waals surface area contributed by atoms with Crippen LogP contribution in [-0.4, -0.2) is 36.5 Å². The largest absolute Gasteiger partial charge is 0.366 e. The predicted molar refractivity (Wildman–Crippen MR) is 109 cm³/mol. The Morgan fingerprint density at radius 1 is 1.00 bits per heavy atom. The van der Waals surface area contributed by atoms with E-state index in [0.29, 0.717) is 18.5 Å². The lowest BCUT2D eigenvalue weighted by Gasteiger charge is -2.29. The Hall–Kier alpha value is -1.99. The van der Waals surface area contributed by atoms with Crippen LogP contribution in [0.1, 0.15) is 39.5 Å². The van der Waals surface area contributed by atoms with Crippen molar-refractivity contribution < 1.29 is 8.42 Å². The molecule has 146 valence electrons. The second-order valence-corrected chi connectivity index (χ2v) is 9.80. The van der Waals surface area contributed by atoms with Gasteiger partial charge in [-0.05, 0) is 57.6 Å². The maximum atomic E-state index is 11.9. The van der Waals surface area contributed by atoms with Crippen molar-refractivity contribution in [2.45, 2.75) is 50.8 Å². The summed E-state index contributed by atoms with van der Waals surface area (Å²) < 4.78 is 26.5. The van der Waals surface area contributed by atoms with E-state index in [2.05, 4.69) is 20.2 Å². The molecule has 2 N–H and O–H groups in total. The van der Waals surface area contributed by atoms with Gasteiger partial charge in [0.15, 0.2) is 0 Å². The van der Waals surface area contributed by atoms with Gasteiger partial charge in [0.25, 0.3) is 0 Å².